The average Bonchev–Trinajstić information content (AvgIpc) is 0. The number of hydrogen-bond acceptors (Lipinski definition) is 0. The third kappa shape index (κ3) is 9.51. The molecular formula is H2FeNiORu. The predicted molar refractivity (Wildman–Crippen MR) is 3.61 cm³/mol. The van der Waals surface area contributed by atoms with Crippen molar-refractivity contribution in [2.24, 2.45) is 0 Å². The Morgan fingerprint density at radius 3 is 1.00 bits per heavy atom. The van der Waals surface area contributed by atoms with E-state index in [1.54, 1.807) is 0 Å². The van der Waals surface area contributed by atoms with Gasteiger partial charge in [-0.3, -0.25) is 0 Å². The van der Waals surface area contributed by atoms with Crippen LogP contribution < -0.4 is 0 Å². The monoisotopic (exact) mass is 234 g/mol. The summed E-state index contributed by atoms with van der Waals surface area (Å²) in [5, 5.41) is 0. The molecule has 0 saturated carbocycles. The van der Waals surface area contributed by atoms with Gasteiger partial charge in [0.2, 0.25) is 0 Å². The van der Waals surface area contributed by atoms with E-state index in [0.29, 0.717) is 0 Å². The molecule has 4 heavy (non-hydrogen) atoms. The van der Waals surface area contributed by atoms with Gasteiger partial charge in [-0.1, -0.05) is 0 Å². The molecule has 0 unspecified atom stereocenters. The molecule has 0 aliphatic rings. The van der Waals surface area contributed by atoms with Crippen molar-refractivity contribution in [1.29, 1.82) is 0 Å². The second kappa shape index (κ2) is 23.3. The van der Waals surface area contributed by atoms with E-state index in [2.05, 4.69) is 0 Å². The standard InChI is InChI=1S/Fe.Ni.H2O.Ru/h;;1H2;. The maximum Gasteiger partial charge on any atom is 0 e. The average molecular weight is 234 g/mol. The predicted octanol–water partition coefficient (Wildman–Crippen LogP) is -0.832. The Kier molecular flexibility index (Phi) is 271. The first-order chi connectivity index (χ1) is 0. The number of hydrogen-bond donors (Lipinski definition) is 0. The van der Waals surface area contributed by atoms with E-state index >= 15 is 0 Å². The molecule has 0 heterocycles. The minimum atomic E-state index is 0. The van der Waals surface area contributed by atoms with Crippen LogP contribution in [0.5, 0.6) is 0 Å². The largest absolute Gasteiger partial charge is 0.412 e. The fourth-order valence-corrected chi connectivity index (χ4v) is 0. The Morgan fingerprint density at radius 1 is 1.00 bits per heavy atom. The van der Waals surface area contributed by atoms with Crippen molar-refractivity contribution < 1.29 is 58.5 Å². The maximum absolute atomic E-state index is 0. The molecule has 0 bridgehead atoms. The first kappa shape index (κ1) is 46.4. The molecule has 2 N–H and O–H groups in total. The molecule has 4 heteroatoms. The van der Waals surface area contributed by atoms with Crippen LogP contribution in [0.25, 0.3) is 0 Å². The van der Waals surface area contributed by atoms with E-state index < -0.39 is 0 Å². The molecular weight excluding hydrogens is 232 g/mol. The normalized spacial score (nSPS) is 0. The second-order valence-electron chi connectivity index (χ2n) is 0. The van der Waals surface area contributed by atoms with E-state index in [1.165, 1.54) is 0 Å². The van der Waals surface area contributed by atoms with Crippen LogP contribution in [0.2, 0.25) is 0 Å². The Labute approximate surface area is 58.4 Å². The van der Waals surface area contributed by atoms with Gasteiger partial charge in [-0.15, -0.1) is 0 Å². The fourth-order valence-electron chi connectivity index (χ4n) is 0. The van der Waals surface area contributed by atoms with Gasteiger partial charge in [-0.05, 0) is 0 Å². The first-order valence-corrected chi connectivity index (χ1v) is 0. The molecule has 0 spiro atoms. The van der Waals surface area contributed by atoms with Crippen LogP contribution in [0.4, 0.5) is 0 Å². The minimum absolute atomic E-state index is 0. The van der Waals surface area contributed by atoms with E-state index in [-0.39, 0.29) is 58.5 Å². The zero-order chi connectivity index (χ0) is 0. The molecule has 0 atom stereocenters. The molecule has 1 nitrogen and oxygen atoms in total. The summed E-state index contributed by atoms with van der Waals surface area (Å²) in [5.41, 5.74) is 0. The van der Waals surface area contributed by atoms with Crippen LogP contribution in [-0.4, -0.2) is 5.48 Å². The smallest absolute Gasteiger partial charge is 0 e. The van der Waals surface area contributed by atoms with Crippen molar-refractivity contribution in [2.45, 2.75) is 0 Å². The summed E-state index contributed by atoms with van der Waals surface area (Å²) in [5.74, 6) is 0. The minimum Gasteiger partial charge on any atom is -0.412 e. The summed E-state index contributed by atoms with van der Waals surface area (Å²) >= 11 is 0. The topological polar surface area (TPSA) is 31.5 Å². The molecule has 0 radical (unpaired) electrons. The zero-order valence-electron chi connectivity index (χ0n) is 1.52. The van der Waals surface area contributed by atoms with Crippen LogP contribution >= 0.6 is 0 Å². The van der Waals surface area contributed by atoms with Gasteiger partial charge in [0.1, 0.15) is 0 Å². The Bertz CT molecular complexity index is 8.00. The van der Waals surface area contributed by atoms with Gasteiger partial charge in [-0.25, -0.2) is 0 Å². The van der Waals surface area contributed by atoms with Gasteiger partial charge in [0.15, 0.2) is 0 Å². The Balaban J connectivity index is 0. The summed E-state index contributed by atoms with van der Waals surface area (Å²) in [7, 11) is 0. The van der Waals surface area contributed by atoms with Gasteiger partial charge in [-0.2, -0.15) is 0 Å². The quantitative estimate of drug-likeness (QED) is 0.489. The summed E-state index contributed by atoms with van der Waals surface area (Å²) < 4.78 is 0. The molecule has 34 valence electrons. The second-order valence-corrected chi connectivity index (χ2v) is 0. The van der Waals surface area contributed by atoms with E-state index in [1.807, 2.05) is 0 Å². The molecule has 0 aromatic rings. The molecule has 0 aliphatic carbocycles. The third-order valence-electron chi connectivity index (χ3n) is 0. The summed E-state index contributed by atoms with van der Waals surface area (Å²) in [6.07, 6.45) is 0. The third-order valence-corrected chi connectivity index (χ3v) is 0. The van der Waals surface area contributed by atoms with Crippen molar-refractivity contribution >= 4 is 0 Å². The van der Waals surface area contributed by atoms with Gasteiger partial charge < -0.3 is 5.48 Å². The molecule has 0 aromatic carbocycles. The van der Waals surface area contributed by atoms with Crippen LogP contribution in [0.1, 0.15) is 0 Å². The molecule has 0 fully saturated rings. The molecule has 0 aromatic heterocycles. The van der Waals surface area contributed by atoms with Gasteiger partial charge in [0, 0.05) is 53.0 Å². The first-order valence-electron chi connectivity index (χ1n) is 0. The Hall–Kier alpha value is 1.60. The fraction of sp³-hybridized carbons (Fsp3) is 0. The molecule has 0 amide bonds. The van der Waals surface area contributed by atoms with Crippen molar-refractivity contribution in [1.82, 2.24) is 0 Å². The van der Waals surface area contributed by atoms with Gasteiger partial charge in [0.25, 0.3) is 0 Å². The van der Waals surface area contributed by atoms with E-state index in [9.17, 15) is 0 Å². The van der Waals surface area contributed by atoms with E-state index in [0.717, 1.165) is 0 Å². The zero-order valence-corrected chi connectivity index (χ0v) is 5.35. The van der Waals surface area contributed by atoms with Gasteiger partial charge in [0.05, 0.1) is 0 Å². The van der Waals surface area contributed by atoms with E-state index in [4.69, 9.17) is 0 Å². The summed E-state index contributed by atoms with van der Waals surface area (Å²) in [6, 6.07) is 0. The van der Waals surface area contributed by atoms with Crippen LogP contribution in [0.15, 0.2) is 0 Å². The van der Waals surface area contributed by atoms with Crippen molar-refractivity contribution in [3.63, 3.8) is 0 Å². The van der Waals surface area contributed by atoms with Gasteiger partial charge >= 0.3 is 0 Å². The van der Waals surface area contributed by atoms with Crippen molar-refractivity contribution in [2.75, 3.05) is 0 Å². The molecule has 0 aliphatic heterocycles. The van der Waals surface area contributed by atoms with Crippen molar-refractivity contribution in [3.8, 4) is 0 Å². The summed E-state index contributed by atoms with van der Waals surface area (Å²) in [4.78, 5) is 0. The maximum atomic E-state index is 0. The molecule has 0 saturated heterocycles. The van der Waals surface area contributed by atoms with Crippen LogP contribution in [-0.2, 0) is 53.0 Å². The summed E-state index contributed by atoms with van der Waals surface area (Å²) in [6.45, 7) is 0. The van der Waals surface area contributed by atoms with Crippen molar-refractivity contribution in [3.05, 3.63) is 0 Å². The SMILES string of the molecule is O.[Fe].[Ni].[Ru]. The Morgan fingerprint density at radius 2 is 1.00 bits per heavy atom. The van der Waals surface area contributed by atoms with Crippen LogP contribution in [0, 0.1) is 0 Å². The van der Waals surface area contributed by atoms with Crippen LogP contribution in [0.3, 0.4) is 0 Å². The number of rotatable bonds is 0. The molecule has 0 rings (SSSR count).